The number of hydrogen-bond acceptors (Lipinski definition) is 5. The Morgan fingerprint density at radius 2 is 1.90 bits per heavy atom. The molecule has 0 radical (unpaired) electrons. The summed E-state index contributed by atoms with van der Waals surface area (Å²) in [4.78, 5) is 27.0. The molecule has 0 atom stereocenters. The zero-order valence-electron chi connectivity index (χ0n) is 16.1. The first-order chi connectivity index (χ1) is 14.5. The maximum atomic E-state index is 13.0. The first-order valence-electron chi connectivity index (χ1n) is 9.35. The Hall–Kier alpha value is -2.77. The molecule has 1 N–H and O–H groups in total. The molecule has 2 amide bonds. The Kier molecular flexibility index (Phi) is 5.83. The summed E-state index contributed by atoms with van der Waals surface area (Å²) in [5.74, 6) is -0.135. The van der Waals surface area contributed by atoms with Crippen molar-refractivity contribution < 1.29 is 19.4 Å². The number of carbonyl (C=O) groups excluding carboxylic acids is 2. The van der Waals surface area contributed by atoms with Gasteiger partial charge in [0.1, 0.15) is 0 Å². The molecule has 30 heavy (non-hydrogen) atoms. The van der Waals surface area contributed by atoms with Gasteiger partial charge in [-0.2, -0.15) is 0 Å². The van der Waals surface area contributed by atoms with Gasteiger partial charge in [-0.1, -0.05) is 58.4 Å². The number of hydrogen-bond donors (Lipinski definition) is 1. The normalized spacial score (nSPS) is 15.4. The van der Waals surface area contributed by atoms with Crippen LogP contribution in [0.5, 0.6) is 11.5 Å². The lowest BCUT2D eigenvalue weighted by atomic mass is 10.0. The van der Waals surface area contributed by atoms with Crippen LogP contribution in [0.4, 0.5) is 4.79 Å². The molecule has 0 aliphatic carbocycles. The quantitative estimate of drug-likeness (QED) is 0.454. The van der Waals surface area contributed by atoms with Gasteiger partial charge in [0.15, 0.2) is 11.5 Å². The van der Waals surface area contributed by atoms with Crippen molar-refractivity contribution in [2.75, 3.05) is 6.61 Å². The lowest BCUT2D eigenvalue weighted by Gasteiger charge is -2.14. The van der Waals surface area contributed by atoms with E-state index in [0.717, 1.165) is 28.1 Å². The van der Waals surface area contributed by atoms with Gasteiger partial charge in [0.25, 0.3) is 11.1 Å². The van der Waals surface area contributed by atoms with Gasteiger partial charge in [0, 0.05) is 10.0 Å². The number of nitrogens with zero attached hydrogens (tertiary/aromatic N) is 1. The predicted molar refractivity (Wildman–Crippen MR) is 122 cm³/mol. The van der Waals surface area contributed by atoms with Gasteiger partial charge < -0.3 is 9.84 Å². The van der Waals surface area contributed by atoms with Crippen LogP contribution in [-0.2, 0) is 11.3 Å². The Labute approximate surface area is 186 Å². The number of phenolic OH excluding ortho intramolecular Hbond substituents is 1. The average molecular weight is 484 g/mol. The van der Waals surface area contributed by atoms with Crippen molar-refractivity contribution in [3.63, 3.8) is 0 Å². The highest BCUT2D eigenvalue weighted by Crippen LogP contribution is 2.39. The van der Waals surface area contributed by atoms with Crippen LogP contribution in [-0.4, -0.2) is 27.8 Å². The molecular weight excluding hydrogens is 466 g/mol. The molecule has 7 heteroatoms. The summed E-state index contributed by atoms with van der Waals surface area (Å²) in [5.41, 5.74) is 1.31. The zero-order chi connectivity index (χ0) is 21.3. The van der Waals surface area contributed by atoms with Crippen molar-refractivity contribution in [2.24, 2.45) is 0 Å². The highest BCUT2D eigenvalue weighted by atomic mass is 79.9. The number of amides is 2. The molecule has 0 bridgehead atoms. The fourth-order valence-corrected chi connectivity index (χ4v) is 4.63. The van der Waals surface area contributed by atoms with E-state index in [9.17, 15) is 14.7 Å². The van der Waals surface area contributed by atoms with Crippen molar-refractivity contribution in [3.05, 3.63) is 75.1 Å². The van der Waals surface area contributed by atoms with E-state index in [2.05, 4.69) is 15.9 Å². The zero-order valence-corrected chi connectivity index (χ0v) is 18.5. The first kappa shape index (κ1) is 20.5. The standard InChI is InChI=1S/C23H18BrNO4S/c1-2-29-19-12-17(24)10-16(21(19)26)11-20-22(27)25(23(28)30-20)13-15-8-5-7-14-6-3-4-9-18(14)15/h3-12,26H,2,13H2,1H3/b20-11-. The molecule has 1 aliphatic rings. The SMILES string of the molecule is CCOc1cc(Br)cc(/C=C2\SC(=O)N(Cc3cccc4ccccc34)C2=O)c1O. The molecule has 4 rings (SSSR count). The molecule has 3 aromatic carbocycles. The van der Waals surface area contributed by atoms with Crippen molar-refractivity contribution >= 4 is 55.7 Å². The number of aromatic hydroxyl groups is 1. The minimum Gasteiger partial charge on any atom is -0.504 e. The van der Waals surface area contributed by atoms with Crippen LogP contribution in [0.1, 0.15) is 18.1 Å². The highest BCUT2D eigenvalue weighted by molar-refractivity contribution is 9.10. The van der Waals surface area contributed by atoms with Gasteiger partial charge in [0.05, 0.1) is 18.1 Å². The second-order valence-corrected chi connectivity index (χ2v) is 8.59. The molecule has 0 saturated carbocycles. The van der Waals surface area contributed by atoms with Crippen LogP contribution in [0.25, 0.3) is 16.8 Å². The fourth-order valence-electron chi connectivity index (χ4n) is 3.35. The maximum Gasteiger partial charge on any atom is 0.293 e. The molecular formula is C23H18BrNO4S. The summed E-state index contributed by atoms with van der Waals surface area (Å²) in [5, 5.41) is 12.2. The van der Waals surface area contributed by atoms with E-state index in [0.29, 0.717) is 22.4 Å². The Morgan fingerprint density at radius 3 is 2.70 bits per heavy atom. The van der Waals surface area contributed by atoms with Gasteiger partial charge in [-0.15, -0.1) is 0 Å². The largest absolute Gasteiger partial charge is 0.504 e. The van der Waals surface area contributed by atoms with E-state index in [1.165, 1.54) is 11.0 Å². The average Bonchev–Trinajstić information content (AvgIpc) is 2.99. The molecule has 0 spiro atoms. The fraction of sp³-hybridized carbons (Fsp3) is 0.130. The Balaban J connectivity index is 1.65. The monoisotopic (exact) mass is 483 g/mol. The van der Waals surface area contributed by atoms with Gasteiger partial charge >= 0.3 is 0 Å². The number of benzene rings is 3. The van der Waals surface area contributed by atoms with E-state index in [1.54, 1.807) is 12.1 Å². The molecule has 152 valence electrons. The molecule has 1 saturated heterocycles. The van der Waals surface area contributed by atoms with Crippen LogP contribution in [0, 0.1) is 0 Å². The van der Waals surface area contributed by atoms with Crippen LogP contribution >= 0.6 is 27.7 Å². The maximum absolute atomic E-state index is 13.0. The molecule has 1 heterocycles. The molecule has 5 nitrogen and oxygen atoms in total. The highest BCUT2D eigenvalue weighted by Gasteiger charge is 2.35. The van der Waals surface area contributed by atoms with Crippen LogP contribution in [0.15, 0.2) is 64.0 Å². The lowest BCUT2D eigenvalue weighted by molar-refractivity contribution is -0.123. The van der Waals surface area contributed by atoms with E-state index in [-0.39, 0.29) is 28.3 Å². The van der Waals surface area contributed by atoms with Gasteiger partial charge in [0.2, 0.25) is 0 Å². The van der Waals surface area contributed by atoms with Crippen LogP contribution < -0.4 is 4.74 Å². The summed E-state index contributed by atoms with van der Waals surface area (Å²) < 4.78 is 6.13. The van der Waals surface area contributed by atoms with E-state index in [1.807, 2.05) is 49.4 Å². The predicted octanol–water partition coefficient (Wildman–Crippen LogP) is 5.94. The van der Waals surface area contributed by atoms with E-state index < -0.39 is 0 Å². The van der Waals surface area contributed by atoms with Crippen molar-refractivity contribution in [1.29, 1.82) is 0 Å². The number of ether oxygens (including phenoxy) is 1. The molecule has 0 aromatic heterocycles. The summed E-state index contributed by atoms with van der Waals surface area (Å²) in [6.07, 6.45) is 1.52. The van der Waals surface area contributed by atoms with Gasteiger partial charge in [-0.05, 0) is 53.2 Å². The Bertz CT molecular complexity index is 1190. The minimum absolute atomic E-state index is 0.0686. The third-order valence-corrected chi connectivity index (χ3v) is 6.10. The van der Waals surface area contributed by atoms with Crippen molar-refractivity contribution in [3.8, 4) is 11.5 Å². The number of thioether (sulfide) groups is 1. The number of rotatable bonds is 5. The summed E-state index contributed by atoms with van der Waals surface area (Å²) in [6, 6.07) is 17.0. The summed E-state index contributed by atoms with van der Waals surface area (Å²) in [7, 11) is 0. The first-order valence-corrected chi connectivity index (χ1v) is 11.0. The summed E-state index contributed by atoms with van der Waals surface area (Å²) >= 11 is 4.25. The van der Waals surface area contributed by atoms with Crippen LogP contribution in [0.2, 0.25) is 0 Å². The third kappa shape index (κ3) is 3.95. The van der Waals surface area contributed by atoms with Crippen LogP contribution in [0.3, 0.4) is 0 Å². The molecule has 1 aliphatic heterocycles. The van der Waals surface area contributed by atoms with Crippen molar-refractivity contribution in [2.45, 2.75) is 13.5 Å². The summed E-state index contributed by atoms with van der Waals surface area (Å²) in [6.45, 7) is 2.40. The van der Waals surface area contributed by atoms with Crippen molar-refractivity contribution in [1.82, 2.24) is 4.90 Å². The van der Waals surface area contributed by atoms with Gasteiger partial charge in [-0.25, -0.2) is 0 Å². The number of fused-ring (bicyclic) bond motifs is 1. The van der Waals surface area contributed by atoms with E-state index >= 15 is 0 Å². The molecule has 3 aromatic rings. The topological polar surface area (TPSA) is 66.8 Å². The number of phenols is 1. The number of imide groups is 1. The second kappa shape index (κ2) is 8.53. The minimum atomic E-state index is -0.379. The molecule has 0 unspecified atom stereocenters. The third-order valence-electron chi connectivity index (χ3n) is 4.74. The number of carbonyl (C=O) groups is 2. The Morgan fingerprint density at radius 1 is 1.13 bits per heavy atom. The van der Waals surface area contributed by atoms with E-state index in [4.69, 9.17) is 4.74 Å². The lowest BCUT2D eigenvalue weighted by Crippen LogP contribution is -2.27. The number of halogens is 1. The smallest absolute Gasteiger partial charge is 0.293 e. The second-order valence-electron chi connectivity index (χ2n) is 6.68. The van der Waals surface area contributed by atoms with Gasteiger partial charge in [-0.3, -0.25) is 14.5 Å². The molecule has 1 fully saturated rings.